The number of rotatable bonds is 2. The van der Waals surface area contributed by atoms with Crippen LogP contribution < -0.4 is 0 Å². The Morgan fingerprint density at radius 3 is 2.71 bits per heavy atom. The topological polar surface area (TPSA) is 39.2 Å². The van der Waals surface area contributed by atoms with E-state index in [1.54, 1.807) is 6.20 Å². The average molecular weight is 275 g/mol. The van der Waals surface area contributed by atoms with Crippen LogP contribution in [0.2, 0.25) is 0 Å². The lowest BCUT2D eigenvalue weighted by atomic mass is 9.98. The second-order valence-electron chi connectivity index (χ2n) is 5.22. The van der Waals surface area contributed by atoms with Gasteiger partial charge in [-0.2, -0.15) is 0 Å². The maximum atomic E-state index is 12.6. The first-order valence-electron chi connectivity index (χ1n) is 6.90. The Bertz CT molecular complexity index is 855. The molecule has 0 fully saturated rings. The van der Waals surface area contributed by atoms with E-state index in [1.165, 1.54) is 5.56 Å². The molecular weight excluding hydrogens is 262 g/mol. The van der Waals surface area contributed by atoms with Gasteiger partial charge in [-0.05, 0) is 29.3 Å². The number of pyridine rings is 1. The average Bonchev–Trinajstić information content (AvgIpc) is 3.01. The van der Waals surface area contributed by atoms with Gasteiger partial charge in [0.1, 0.15) is 0 Å². The van der Waals surface area contributed by atoms with Gasteiger partial charge >= 0.3 is 0 Å². The number of fused-ring (bicyclic) bond motifs is 2. The van der Waals surface area contributed by atoms with Crippen LogP contribution in [0.4, 0.5) is 0 Å². The van der Waals surface area contributed by atoms with Gasteiger partial charge < -0.3 is 4.74 Å². The van der Waals surface area contributed by atoms with Gasteiger partial charge in [-0.1, -0.05) is 30.3 Å². The van der Waals surface area contributed by atoms with Crippen molar-refractivity contribution in [2.24, 2.45) is 0 Å². The maximum absolute atomic E-state index is 12.6. The molecule has 102 valence electrons. The van der Waals surface area contributed by atoms with Gasteiger partial charge in [-0.3, -0.25) is 9.78 Å². The molecule has 1 aliphatic heterocycles. The van der Waals surface area contributed by atoms with E-state index in [4.69, 9.17) is 4.74 Å². The van der Waals surface area contributed by atoms with E-state index in [-0.39, 0.29) is 5.78 Å². The van der Waals surface area contributed by atoms with Crippen LogP contribution in [0.15, 0.2) is 54.7 Å². The van der Waals surface area contributed by atoms with Gasteiger partial charge in [0.25, 0.3) is 0 Å². The lowest BCUT2D eigenvalue weighted by Crippen LogP contribution is -2.02. The molecule has 3 aromatic rings. The summed E-state index contributed by atoms with van der Waals surface area (Å²) < 4.78 is 5.39. The first kappa shape index (κ1) is 12.2. The molecule has 0 N–H and O–H groups in total. The van der Waals surface area contributed by atoms with E-state index < -0.39 is 0 Å². The van der Waals surface area contributed by atoms with Gasteiger partial charge in [0.2, 0.25) is 0 Å². The second-order valence-corrected chi connectivity index (χ2v) is 5.22. The van der Waals surface area contributed by atoms with Crippen molar-refractivity contribution in [2.45, 2.75) is 13.2 Å². The summed E-state index contributed by atoms with van der Waals surface area (Å²) in [6, 6.07) is 15.3. The van der Waals surface area contributed by atoms with E-state index in [1.807, 2.05) is 48.5 Å². The van der Waals surface area contributed by atoms with Crippen LogP contribution in [0.5, 0.6) is 0 Å². The molecule has 21 heavy (non-hydrogen) atoms. The molecule has 0 amide bonds. The summed E-state index contributed by atoms with van der Waals surface area (Å²) in [7, 11) is 0. The number of carbonyl (C=O) groups excluding carboxylic acids is 1. The molecule has 0 unspecified atom stereocenters. The quantitative estimate of drug-likeness (QED) is 0.672. The Morgan fingerprint density at radius 1 is 0.952 bits per heavy atom. The Morgan fingerprint density at radius 2 is 1.76 bits per heavy atom. The third-order valence-corrected chi connectivity index (χ3v) is 3.85. The Labute approximate surface area is 122 Å². The van der Waals surface area contributed by atoms with Crippen molar-refractivity contribution in [1.82, 2.24) is 4.98 Å². The lowest BCUT2D eigenvalue weighted by molar-refractivity contribution is 0.103. The molecule has 3 heteroatoms. The Hall–Kier alpha value is -2.52. The number of benzene rings is 2. The second kappa shape index (κ2) is 4.79. The molecule has 0 saturated heterocycles. The summed E-state index contributed by atoms with van der Waals surface area (Å²) >= 11 is 0. The van der Waals surface area contributed by atoms with Gasteiger partial charge in [-0.15, -0.1) is 0 Å². The molecule has 2 aromatic carbocycles. The summed E-state index contributed by atoms with van der Waals surface area (Å²) in [5.41, 5.74) is 4.49. The summed E-state index contributed by atoms with van der Waals surface area (Å²) in [6.45, 7) is 1.24. The predicted octanol–water partition coefficient (Wildman–Crippen LogP) is 3.50. The molecule has 3 nitrogen and oxygen atoms in total. The van der Waals surface area contributed by atoms with Crippen LogP contribution in [0.3, 0.4) is 0 Å². The molecule has 0 atom stereocenters. The van der Waals surface area contributed by atoms with Crippen molar-refractivity contribution < 1.29 is 9.53 Å². The van der Waals surface area contributed by atoms with Crippen LogP contribution in [0, 0.1) is 0 Å². The molecule has 0 spiro atoms. The van der Waals surface area contributed by atoms with Crippen molar-refractivity contribution in [3.63, 3.8) is 0 Å². The molecular formula is C18H13NO2. The number of ketones is 1. The monoisotopic (exact) mass is 275 g/mol. The number of ether oxygens (including phenoxy) is 1. The van der Waals surface area contributed by atoms with Crippen LogP contribution in [0.1, 0.15) is 27.0 Å². The smallest absolute Gasteiger partial charge is 0.193 e. The fraction of sp³-hybridized carbons (Fsp3) is 0.111. The minimum absolute atomic E-state index is 0.0252. The van der Waals surface area contributed by atoms with Gasteiger partial charge in [-0.25, -0.2) is 0 Å². The largest absolute Gasteiger partial charge is 0.372 e. The minimum atomic E-state index is 0.0252. The van der Waals surface area contributed by atoms with E-state index in [9.17, 15) is 4.79 Å². The molecule has 0 bridgehead atoms. The van der Waals surface area contributed by atoms with Crippen molar-refractivity contribution in [1.29, 1.82) is 0 Å². The normalized spacial score (nSPS) is 13.3. The predicted molar refractivity (Wildman–Crippen MR) is 80.1 cm³/mol. The Balaban J connectivity index is 1.75. The van der Waals surface area contributed by atoms with E-state index in [2.05, 4.69) is 4.98 Å². The molecule has 1 aliphatic rings. The van der Waals surface area contributed by atoms with Crippen molar-refractivity contribution >= 4 is 16.7 Å². The SMILES string of the molecule is O=C(c1ccc2c(c1)COC2)c1ccc2cccnc2c1. The number of hydrogen-bond donors (Lipinski definition) is 0. The highest BCUT2D eigenvalue weighted by molar-refractivity contribution is 6.10. The van der Waals surface area contributed by atoms with Crippen LogP contribution >= 0.6 is 0 Å². The number of nitrogens with zero attached hydrogens (tertiary/aromatic N) is 1. The lowest BCUT2D eigenvalue weighted by Gasteiger charge is -2.05. The molecule has 0 saturated carbocycles. The van der Waals surface area contributed by atoms with Gasteiger partial charge in [0.15, 0.2) is 5.78 Å². The number of hydrogen-bond acceptors (Lipinski definition) is 3. The zero-order chi connectivity index (χ0) is 14.2. The third kappa shape index (κ3) is 2.12. The highest BCUT2D eigenvalue weighted by atomic mass is 16.5. The number of carbonyl (C=O) groups is 1. The van der Waals surface area contributed by atoms with Crippen molar-refractivity contribution in [2.75, 3.05) is 0 Å². The molecule has 1 aromatic heterocycles. The van der Waals surface area contributed by atoms with Crippen molar-refractivity contribution in [3.05, 3.63) is 77.0 Å². The van der Waals surface area contributed by atoms with Crippen molar-refractivity contribution in [3.8, 4) is 0 Å². The summed E-state index contributed by atoms with van der Waals surface area (Å²) in [4.78, 5) is 16.9. The zero-order valence-electron chi connectivity index (χ0n) is 11.4. The highest BCUT2D eigenvalue weighted by Crippen LogP contribution is 2.23. The molecule has 0 aliphatic carbocycles. The summed E-state index contributed by atoms with van der Waals surface area (Å²) in [5, 5.41) is 1.04. The van der Waals surface area contributed by atoms with E-state index in [0.29, 0.717) is 24.3 Å². The van der Waals surface area contributed by atoms with Crippen LogP contribution in [0.25, 0.3) is 10.9 Å². The first-order valence-corrected chi connectivity index (χ1v) is 6.90. The zero-order valence-corrected chi connectivity index (χ0v) is 11.4. The van der Waals surface area contributed by atoms with Crippen LogP contribution in [-0.4, -0.2) is 10.8 Å². The maximum Gasteiger partial charge on any atom is 0.193 e. The van der Waals surface area contributed by atoms with Gasteiger partial charge in [0, 0.05) is 22.7 Å². The Kier molecular flexibility index (Phi) is 2.79. The fourth-order valence-electron chi connectivity index (χ4n) is 2.69. The molecule has 0 radical (unpaired) electrons. The minimum Gasteiger partial charge on any atom is -0.372 e. The standard InChI is InChI=1S/C18H13NO2/c20-18(13-5-6-15-10-21-11-16(15)8-13)14-4-3-12-2-1-7-19-17(12)9-14/h1-9H,10-11H2. The number of aromatic nitrogens is 1. The first-order chi connectivity index (χ1) is 10.3. The highest BCUT2D eigenvalue weighted by Gasteiger charge is 2.15. The van der Waals surface area contributed by atoms with Gasteiger partial charge in [0.05, 0.1) is 18.7 Å². The third-order valence-electron chi connectivity index (χ3n) is 3.85. The van der Waals surface area contributed by atoms with E-state index in [0.717, 1.165) is 16.5 Å². The van der Waals surface area contributed by atoms with E-state index >= 15 is 0 Å². The molecule has 4 rings (SSSR count). The molecule has 2 heterocycles. The van der Waals surface area contributed by atoms with Crippen LogP contribution in [-0.2, 0) is 18.0 Å². The summed E-state index contributed by atoms with van der Waals surface area (Å²) in [5.74, 6) is 0.0252. The fourth-order valence-corrected chi connectivity index (χ4v) is 2.69. The summed E-state index contributed by atoms with van der Waals surface area (Å²) in [6.07, 6.45) is 1.74.